The highest BCUT2D eigenvalue weighted by atomic mass is 16.3. The predicted octanol–water partition coefficient (Wildman–Crippen LogP) is 6.50. The van der Waals surface area contributed by atoms with E-state index in [0.717, 1.165) is 44.9 Å². The summed E-state index contributed by atoms with van der Waals surface area (Å²) in [5.74, 6) is 1.31. The van der Waals surface area contributed by atoms with E-state index in [2.05, 4.69) is 54.5 Å². The maximum atomic E-state index is 11.8. The van der Waals surface area contributed by atoms with Gasteiger partial charge in [-0.25, -0.2) is 0 Å². The van der Waals surface area contributed by atoms with E-state index in [1.54, 1.807) is 0 Å². The predicted molar refractivity (Wildman–Crippen MR) is 136 cm³/mol. The lowest BCUT2D eigenvalue weighted by molar-refractivity contribution is -0.246. The molecule has 0 spiro atoms. The molecule has 0 saturated heterocycles. The van der Waals surface area contributed by atoms with Crippen LogP contribution in [0.2, 0.25) is 0 Å². The topological polar surface area (TPSA) is 60.7 Å². The van der Waals surface area contributed by atoms with Gasteiger partial charge >= 0.3 is 0 Å². The smallest absolute Gasteiger partial charge is 0.0654 e. The number of allylic oxidation sites excluding steroid dienone is 2. The molecule has 4 aliphatic rings. The number of fused-ring (bicyclic) bond motifs is 5. The Hall–Kier alpha value is -0.380. The highest BCUT2D eigenvalue weighted by Crippen LogP contribution is 2.75. The molecule has 4 fully saturated rings. The molecule has 0 amide bonds. The van der Waals surface area contributed by atoms with E-state index in [4.69, 9.17) is 0 Å². The van der Waals surface area contributed by atoms with Gasteiger partial charge in [0.05, 0.1) is 17.8 Å². The molecule has 10 atom stereocenters. The van der Waals surface area contributed by atoms with E-state index in [1.807, 2.05) is 6.92 Å². The zero-order valence-electron chi connectivity index (χ0n) is 22.7. The number of hydrogen-bond donors (Lipinski definition) is 3. The van der Waals surface area contributed by atoms with Crippen molar-refractivity contribution in [3.63, 3.8) is 0 Å². The van der Waals surface area contributed by atoms with Crippen molar-refractivity contribution in [3.05, 3.63) is 11.6 Å². The van der Waals surface area contributed by atoms with Crippen LogP contribution in [0.15, 0.2) is 11.6 Å². The molecule has 0 unspecified atom stereocenters. The Labute approximate surface area is 203 Å². The van der Waals surface area contributed by atoms with Gasteiger partial charge in [0.15, 0.2) is 0 Å². The zero-order valence-corrected chi connectivity index (χ0v) is 22.7. The van der Waals surface area contributed by atoms with Gasteiger partial charge < -0.3 is 15.3 Å². The van der Waals surface area contributed by atoms with Crippen LogP contribution in [0.4, 0.5) is 0 Å². The highest BCUT2D eigenvalue weighted by molar-refractivity contribution is 5.20. The van der Waals surface area contributed by atoms with Crippen molar-refractivity contribution >= 4 is 0 Å². The molecule has 0 aromatic heterocycles. The third kappa shape index (κ3) is 3.61. The second kappa shape index (κ2) is 8.07. The molecule has 0 aromatic rings. The summed E-state index contributed by atoms with van der Waals surface area (Å²) in [6.07, 6.45) is 10.6. The Kier molecular flexibility index (Phi) is 6.28. The fourth-order valence-electron chi connectivity index (χ4n) is 10.3. The lowest BCUT2D eigenvalue weighted by atomic mass is 9.35. The van der Waals surface area contributed by atoms with E-state index < -0.39 is 5.60 Å². The first-order chi connectivity index (χ1) is 15.1. The number of hydrogen-bond acceptors (Lipinski definition) is 3. The second-order valence-corrected chi connectivity index (χ2v) is 14.5. The summed E-state index contributed by atoms with van der Waals surface area (Å²) in [7, 11) is 0. The molecule has 3 N–H and O–H groups in total. The second-order valence-electron chi connectivity index (χ2n) is 14.5. The molecule has 190 valence electrons. The molecule has 0 radical (unpaired) electrons. The largest absolute Gasteiger partial charge is 0.393 e. The normalized spacial score (nSPS) is 50.5. The molecule has 4 rings (SSSR count). The quantitative estimate of drug-likeness (QED) is 0.420. The standard InChI is InChI=1S/C30H52O3/c1-19(2)10-9-14-30(8,33)20-11-16-29(7)25(20)21(31)18-23-27(5)15-13-24(32)26(3,4)22(27)12-17-28(23,29)6/h10,20-25,31-33H,9,11-18H2,1-8H3/t20-,21+,22-,23+,24-,25-,27+,28+,29+,30-/m1/s1. The number of aliphatic hydroxyl groups excluding tert-OH is 2. The Morgan fingerprint density at radius 1 is 0.909 bits per heavy atom. The Morgan fingerprint density at radius 3 is 2.18 bits per heavy atom. The van der Waals surface area contributed by atoms with E-state index in [-0.39, 0.29) is 45.7 Å². The summed E-state index contributed by atoms with van der Waals surface area (Å²) in [4.78, 5) is 0. The molecule has 0 heterocycles. The minimum atomic E-state index is -0.739. The molecule has 4 aliphatic carbocycles. The van der Waals surface area contributed by atoms with Crippen molar-refractivity contribution in [2.45, 2.75) is 131 Å². The zero-order chi connectivity index (χ0) is 24.6. The minimum Gasteiger partial charge on any atom is -0.393 e. The Bertz CT molecular complexity index is 779. The van der Waals surface area contributed by atoms with Crippen molar-refractivity contribution < 1.29 is 15.3 Å². The first kappa shape index (κ1) is 25.7. The van der Waals surface area contributed by atoms with E-state index in [0.29, 0.717) is 11.8 Å². The maximum Gasteiger partial charge on any atom is 0.0654 e. The molecular formula is C30H52O3. The number of rotatable bonds is 4. The van der Waals surface area contributed by atoms with Gasteiger partial charge in [0, 0.05) is 0 Å². The fraction of sp³-hybridized carbons (Fsp3) is 0.933. The van der Waals surface area contributed by atoms with E-state index in [9.17, 15) is 15.3 Å². The summed E-state index contributed by atoms with van der Waals surface area (Å²) < 4.78 is 0. The average Bonchev–Trinajstić information content (AvgIpc) is 3.08. The van der Waals surface area contributed by atoms with Gasteiger partial charge in [-0.1, -0.05) is 46.3 Å². The first-order valence-corrected chi connectivity index (χ1v) is 13.8. The summed E-state index contributed by atoms with van der Waals surface area (Å²) in [5, 5.41) is 34.3. The van der Waals surface area contributed by atoms with Gasteiger partial charge in [-0.3, -0.25) is 0 Å². The SMILES string of the molecule is CC(C)=CCC[C@@](C)(O)[C@@H]1CC[C@@]2(C)[C@H]1[C@@H](O)C[C@H]1[C@@]3(C)CC[C@@H](O)C(C)(C)[C@H]3CC[C@@]12C. The van der Waals surface area contributed by atoms with Crippen molar-refractivity contribution in [3.8, 4) is 0 Å². The first-order valence-electron chi connectivity index (χ1n) is 13.8. The summed E-state index contributed by atoms with van der Waals surface area (Å²) in [6, 6.07) is 0. The highest BCUT2D eigenvalue weighted by Gasteiger charge is 2.71. The summed E-state index contributed by atoms with van der Waals surface area (Å²) in [6.45, 7) is 18.3. The molecule has 33 heavy (non-hydrogen) atoms. The van der Waals surface area contributed by atoms with Gasteiger partial charge in [-0.05, 0) is 124 Å². The van der Waals surface area contributed by atoms with Gasteiger partial charge in [0.2, 0.25) is 0 Å². The molecule has 0 bridgehead atoms. The van der Waals surface area contributed by atoms with Crippen molar-refractivity contribution in [1.29, 1.82) is 0 Å². The van der Waals surface area contributed by atoms with Gasteiger partial charge in [0.25, 0.3) is 0 Å². The lowest BCUT2D eigenvalue weighted by Crippen LogP contribution is -2.66. The van der Waals surface area contributed by atoms with Crippen LogP contribution in [-0.2, 0) is 0 Å². The van der Waals surface area contributed by atoms with Crippen LogP contribution in [0.25, 0.3) is 0 Å². The van der Waals surface area contributed by atoms with Gasteiger partial charge in [-0.2, -0.15) is 0 Å². The van der Waals surface area contributed by atoms with Crippen molar-refractivity contribution in [2.75, 3.05) is 0 Å². The third-order valence-corrected chi connectivity index (χ3v) is 12.4. The molecule has 3 nitrogen and oxygen atoms in total. The van der Waals surface area contributed by atoms with E-state index in [1.165, 1.54) is 18.4 Å². The van der Waals surface area contributed by atoms with Gasteiger partial charge in [0.1, 0.15) is 0 Å². The average molecular weight is 461 g/mol. The van der Waals surface area contributed by atoms with Crippen molar-refractivity contribution in [2.24, 2.45) is 45.3 Å². The summed E-state index contributed by atoms with van der Waals surface area (Å²) >= 11 is 0. The van der Waals surface area contributed by atoms with Crippen LogP contribution in [0, 0.1) is 45.3 Å². The molecule has 4 saturated carbocycles. The van der Waals surface area contributed by atoms with E-state index >= 15 is 0 Å². The monoisotopic (exact) mass is 460 g/mol. The Balaban J connectivity index is 1.66. The fourth-order valence-corrected chi connectivity index (χ4v) is 10.3. The van der Waals surface area contributed by atoms with Crippen LogP contribution < -0.4 is 0 Å². The van der Waals surface area contributed by atoms with Crippen LogP contribution in [-0.4, -0.2) is 33.1 Å². The van der Waals surface area contributed by atoms with Crippen LogP contribution >= 0.6 is 0 Å². The molecular weight excluding hydrogens is 408 g/mol. The third-order valence-electron chi connectivity index (χ3n) is 12.4. The molecule has 0 aliphatic heterocycles. The molecule has 3 heteroatoms. The minimum absolute atomic E-state index is 0.0503. The van der Waals surface area contributed by atoms with Crippen LogP contribution in [0.3, 0.4) is 0 Å². The van der Waals surface area contributed by atoms with Crippen LogP contribution in [0.5, 0.6) is 0 Å². The van der Waals surface area contributed by atoms with Crippen LogP contribution in [0.1, 0.15) is 113 Å². The Morgan fingerprint density at radius 2 is 1.55 bits per heavy atom. The number of aliphatic hydroxyl groups is 3. The maximum absolute atomic E-state index is 11.8. The lowest BCUT2D eigenvalue weighted by Gasteiger charge is -2.70. The van der Waals surface area contributed by atoms with Gasteiger partial charge in [-0.15, -0.1) is 0 Å². The molecule has 0 aromatic carbocycles. The van der Waals surface area contributed by atoms with Crippen molar-refractivity contribution in [1.82, 2.24) is 0 Å². The summed E-state index contributed by atoms with van der Waals surface area (Å²) in [5.41, 5.74) is 0.885.